The molecule has 8 heteroatoms. The van der Waals surface area contributed by atoms with Crippen LogP contribution in [0.3, 0.4) is 0 Å². The van der Waals surface area contributed by atoms with Crippen molar-refractivity contribution in [2.45, 2.75) is 0 Å². The minimum atomic E-state index is -0.256. The normalized spacial score (nSPS) is 10.6. The van der Waals surface area contributed by atoms with Gasteiger partial charge in [0, 0.05) is 19.4 Å². The molecule has 0 atom stereocenters. The first kappa shape index (κ1) is 11.6. The van der Waals surface area contributed by atoms with Crippen LogP contribution >= 0.6 is 11.3 Å². The summed E-state index contributed by atoms with van der Waals surface area (Å²) in [5.41, 5.74) is 2.04. The zero-order chi connectivity index (χ0) is 13.2. The Balaban J connectivity index is 1.95. The number of amides is 1. The van der Waals surface area contributed by atoms with Crippen molar-refractivity contribution >= 4 is 22.4 Å². The monoisotopic (exact) mass is 274 g/mol. The van der Waals surface area contributed by atoms with E-state index in [-0.39, 0.29) is 5.91 Å². The maximum atomic E-state index is 12.2. The molecule has 19 heavy (non-hydrogen) atoms. The SMILES string of the molecule is Cn1ncc(C(=O)Nc2nncs2)c1-n1cccc1. The number of aryl methyl sites for hydroxylation is 1. The van der Waals surface area contributed by atoms with E-state index in [1.165, 1.54) is 17.5 Å². The predicted molar refractivity (Wildman–Crippen MR) is 70.4 cm³/mol. The molecule has 3 rings (SSSR count). The smallest absolute Gasteiger partial charge is 0.262 e. The third-order valence-corrected chi connectivity index (χ3v) is 3.19. The number of hydrogen-bond acceptors (Lipinski definition) is 5. The summed E-state index contributed by atoms with van der Waals surface area (Å²) in [5.74, 6) is 0.445. The minimum Gasteiger partial charge on any atom is -0.308 e. The van der Waals surface area contributed by atoms with Gasteiger partial charge >= 0.3 is 0 Å². The van der Waals surface area contributed by atoms with Crippen LogP contribution in [-0.4, -0.2) is 30.5 Å². The molecule has 0 unspecified atom stereocenters. The van der Waals surface area contributed by atoms with Crippen molar-refractivity contribution in [3.63, 3.8) is 0 Å². The van der Waals surface area contributed by atoms with Crippen LogP contribution in [0, 0.1) is 0 Å². The Labute approximate surface area is 112 Å². The minimum absolute atomic E-state index is 0.256. The average molecular weight is 274 g/mol. The number of anilines is 1. The van der Waals surface area contributed by atoms with E-state index >= 15 is 0 Å². The lowest BCUT2D eigenvalue weighted by molar-refractivity contribution is 0.102. The highest BCUT2D eigenvalue weighted by Gasteiger charge is 2.18. The second-order valence-corrected chi connectivity index (χ2v) is 4.63. The van der Waals surface area contributed by atoms with E-state index in [4.69, 9.17) is 0 Å². The Bertz CT molecular complexity index is 685. The largest absolute Gasteiger partial charge is 0.308 e. The summed E-state index contributed by atoms with van der Waals surface area (Å²) in [4.78, 5) is 12.2. The van der Waals surface area contributed by atoms with Gasteiger partial charge in [-0.1, -0.05) is 11.3 Å². The molecule has 96 valence electrons. The van der Waals surface area contributed by atoms with Crippen LogP contribution in [-0.2, 0) is 7.05 Å². The fourth-order valence-corrected chi connectivity index (χ4v) is 2.21. The highest BCUT2D eigenvalue weighted by molar-refractivity contribution is 7.13. The second kappa shape index (κ2) is 4.65. The molecule has 0 saturated carbocycles. The molecule has 0 aliphatic rings. The van der Waals surface area contributed by atoms with Crippen molar-refractivity contribution < 1.29 is 4.79 Å². The van der Waals surface area contributed by atoms with Gasteiger partial charge in [0.15, 0.2) is 0 Å². The molecule has 0 aromatic carbocycles. The number of rotatable bonds is 3. The fourth-order valence-electron chi connectivity index (χ4n) is 1.77. The Hall–Kier alpha value is -2.48. The molecule has 3 aromatic heterocycles. The van der Waals surface area contributed by atoms with Crippen LogP contribution in [0.15, 0.2) is 36.2 Å². The van der Waals surface area contributed by atoms with E-state index in [1.54, 1.807) is 17.2 Å². The molecule has 1 amide bonds. The molecule has 0 aliphatic heterocycles. The number of carbonyl (C=O) groups excluding carboxylic acids is 1. The Morgan fingerprint density at radius 2 is 2.16 bits per heavy atom. The van der Waals surface area contributed by atoms with E-state index in [9.17, 15) is 4.79 Å². The lowest BCUT2D eigenvalue weighted by Crippen LogP contribution is -2.14. The molecule has 1 N–H and O–H groups in total. The topological polar surface area (TPSA) is 77.6 Å². The van der Waals surface area contributed by atoms with Crippen molar-refractivity contribution in [3.8, 4) is 5.82 Å². The first-order valence-corrected chi connectivity index (χ1v) is 6.36. The van der Waals surface area contributed by atoms with E-state index in [0.717, 1.165) is 0 Å². The molecular weight excluding hydrogens is 264 g/mol. The van der Waals surface area contributed by atoms with Crippen molar-refractivity contribution in [2.75, 3.05) is 5.32 Å². The number of carbonyl (C=O) groups is 1. The van der Waals surface area contributed by atoms with Crippen molar-refractivity contribution in [3.05, 3.63) is 41.8 Å². The first-order valence-electron chi connectivity index (χ1n) is 5.48. The highest BCUT2D eigenvalue weighted by Crippen LogP contribution is 2.16. The van der Waals surface area contributed by atoms with Gasteiger partial charge in [-0.05, 0) is 12.1 Å². The molecule has 0 spiro atoms. The van der Waals surface area contributed by atoms with E-state index in [1.807, 2.05) is 29.1 Å². The summed E-state index contributed by atoms with van der Waals surface area (Å²) >= 11 is 1.27. The van der Waals surface area contributed by atoms with Gasteiger partial charge in [0.25, 0.3) is 5.91 Å². The van der Waals surface area contributed by atoms with Gasteiger partial charge in [0.2, 0.25) is 5.13 Å². The molecule has 7 nitrogen and oxygen atoms in total. The summed E-state index contributed by atoms with van der Waals surface area (Å²) in [6, 6.07) is 3.78. The van der Waals surface area contributed by atoms with Gasteiger partial charge in [-0.25, -0.2) is 0 Å². The van der Waals surface area contributed by atoms with Gasteiger partial charge in [0.05, 0.1) is 6.20 Å². The molecule has 3 heterocycles. The molecule has 0 fully saturated rings. The zero-order valence-corrected chi connectivity index (χ0v) is 10.8. The third-order valence-electron chi connectivity index (χ3n) is 2.58. The van der Waals surface area contributed by atoms with E-state index in [0.29, 0.717) is 16.5 Å². The number of nitrogens with one attached hydrogen (secondary N) is 1. The van der Waals surface area contributed by atoms with E-state index in [2.05, 4.69) is 20.6 Å². The fraction of sp³-hybridized carbons (Fsp3) is 0.0909. The van der Waals surface area contributed by atoms with Crippen molar-refractivity contribution in [2.24, 2.45) is 7.05 Å². The second-order valence-electron chi connectivity index (χ2n) is 3.79. The van der Waals surface area contributed by atoms with Crippen LogP contribution < -0.4 is 5.32 Å². The molecule has 3 aromatic rings. The Kier molecular flexibility index (Phi) is 2.84. The van der Waals surface area contributed by atoms with Crippen molar-refractivity contribution in [1.82, 2.24) is 24.5 Å². The van der Waals surface area contributed by atoms with Gasteiger partial charge in [0.1, 0.15) is 16.9 Å². The standard InChI is InChI=1S/C11H10N6OS/c1-16-10(17-4-2-3-5-17)8(6-13-16)9(18)14-11-15-12-7-19-11/h2-7H,1H3,(H,14,15,18). The predicted octanol–water partition coefficient (Wildman–Crippen LogP) is 1.31. The van der Waals surface area contributed by atoms with Crippen LogP contribution in [0.25, 0.3) is 5.82 Å². The highest BCUT2D eigenvalue weighted by atomic mass is 32.1. The number of hydrogen-bond donors (Lipinski definition) is 1. The first-order chi connectivity index (χ1) is 9.25. The van der Waals surface area contributed by atoms with Gasteiger partial charge < -0.3 is 4.57 Å². The summed E-state index contributed by atoms with van der Waals surface area (Å²) in [6.45, 7) is 0. The van der Waals surface area contributed by atoms with Gasteiger partial charge in [-0.15, -0.1) is 10.2 Å². The molecule has 0 radical (unpaired) electrons. The summed E-state index contributed by atoms with van der Waals surface area (Å²) in [6.07, 6.45) is 5.25. The quantitative estimate of drug-likeness (QED) is 0.781. The van der Waals surface area contributed by atoms with E-state index < -0.39 is 0 Å². The molecule has 0 bridgehead atoms. The van der Waals surface area contributed by atoms with Crippen LogP contribution in [0.2, 0.25) is 0 Å². The summed E-state index contributed by atoms with van der Waals surface area (Å²) in [5, 5.41) is 14.7. The molecule has 0 aliphatic carbocycles. The van der Waals surface area contributed by atoms with Crippen LogP contribution in [0.5, 0.6) is 0 Å². The van der Waals surface area contributed by atoms with Crippen LogP contribution in [0.4, 0.5) is 5.13 Å². The number of aromatic nitrogens is 5. The number of nitrogens with zero attached hydrogens (tertiary/aromatic N) is 5. The zero-order valence-electron chi connectivity index (χ0n) is 10.0. The summed E-state index contributed by atoms with van der Waals surface area (Å²) < 4.78 is 3.48. The maximum absolute atomic E-state index is 12.2. The Morgan fingerprint density at radius 1 is 1.37 bits per heavy atom. The molecule has 0 saturated heterocycles. The van der Waals surface area contributed by atoms with Crippen molar-refractivity contribution in [1.29, 1.82) is 0 Å². The summed E-state index contributed by atoms with van der Waals surface area (Å²) in [7, 11) is 1.79. The lowest BCUT2D eigenvalue weighted by Gasteiger charge is -2.06. The van der Waals surface area contributed by atoms with Gasteiger partial charge in [-0.2, -0.15) is 5.10 Å². The maximum Gasteiger partial charge on any atom is 0.262 e. The van der Waals surface area contributed by atoms with Crippen LogP contribution in [0.1, 0.15) is 10.4 Å². The Morgan fingerprint density at radius 3 is 2.84 bits per heavy atom. The average Bonchev–Trinajstić information content (AvgIpc) is 3.08. The lowest BCUT2D eigenvalue weighted by atomic mass is 10.3. The third kappa shape index (κ3) is 2.13. The van der Waals surface area contributed by atoms with Gasteiger partial charge in [-0.3, -0.25) is 14.8 Å². The molecular formula is C11H10N6OS.